The first-order valence-corrected chi connectivity index (χ1v) is 7.74. The normalized spacial score (nSPS) is 19.6. The third kappa shape index (κ3) is 3.70. The van der Waals surface area contributed by atoms with E-state index in [2.05, 4.69) is 26.9 Å². The molecule has 3 nitrogen and oxygen atoms in total. The summed E-state index contributed by atoms with van der Waals surface area (Å²) >= 11 is 9.78. The van der Waals surface area contributed by atoms with Gasteiger partial charge in [0.05, 0.1) is 6.10 Å². The highest BCUT2D eigenvalue weighted by atomic mass is 79.9. The van der Waals surface area contributed by atoms with Gasteiger partial charge in [-0.25, -0.2) is 0 Å². The van der Waals surface area contributed by atoms with Crippen molar-refractivity contribution in [2.24, 2.45) is 5.73 Å². The van der Waals surface area contributed by atoms with Gasteiger partial charge in [0.2, 0.25) is 0 Å². The van der Waals surface area contributed by atoms with E-state index in [1.54, 1.807) is 7.11 Å². The Kier molecular flexibility index (Phi) is 5.66. The van der Waals surface area contributed by atoms with Gasteiger partial charge in [-0.2, -0.15) is 0 Å². The van der Waals surface area contributed by atoms with Crippen LogP contribution in [0, 0.1) is 0 Å². The number of benzene rings is 1. The third-order valence-electron chi connectivity index (χ3n) is 3.80. The van der Waals surface area contributed by atoms with E-state index < -0.39 is 0 Å². The predicted octanol–water partition coefficient (Wildman–Crippen LogP) is 3.21. The smallest absolute Gasteiger partial charge is 0.0595 e. The molecular weight excluding hydrogens is 328 g/mol. The number of hydrogen-bond acceptors (Lipinski definition) is 3. The molecule has 1 aromatic rings. The summed E-state index contributed by atoms with van der Waals surface area (Å²) in [6.45, 7) is 2.60. The van der Waals surface area contributed by atoms with Gasteiger partial charge >= 0.3 is 0 Å². The van der Waals surface area contributed by atoms with Crippen LogP contribution in [0.2, 0.25) is 5.02 Å². The lowest BCUT2D eigenvalue weighted by atomic mass is 10.0. The number of ether oxygens (including phenoxy) is 1. The Balaban J connectivity index is 2.12. The molecule has 1 atom stereocenters. The maximum Gasteiger partial charge on any atom is 0.0595 e. The summed E-state index contributed by atoms with van der Waals surface area (Å²) in [7, 11) is 1.78. The molecule has 0 spiro atoms. The van der Waals surface area contributed by atoms with Crippen molar-refractivity contribution in [3.8, 4) is 0 Å². The van der Waals surface area contributed by atoms with Gasteiger partial charge in [-0.05, 0) is 30.5 Å². The van der Waals surface area contributed by atoms with Crippen molar-refractivity contribution in [3.05, 3.63) is 33.3 Å². The second-order valence-electron chi connectivity index (χ2n) is 4.89. The molecule has 1 aliphatic heterocycles. The quantitative estimate of drug-likeness (QED) is 0.909. The molecule has 1 fully saturated rings. The summed E-state index contributed by atoms with van der Waals surface area (Å²) in [5.41, 5.74) is 7.08. The Morgan fingerprint density at radius 1 is 1.47 bits per heavy atom. The number of halogens is 2. The number of hydrogen-bond donors (Lipinski definition) is 1. The Morgan fingerprint density at radius 2 is 2.16 bits per heavy atom. The van der Waals surface area contributed by atoms with Gasteiger partial charge in [0.1, 0.15) is 0 Å². The molecule has 1 saturated heterocycles. The van der Waals surface area contributed by atoms with E-state index in [9.17, 15) is 0 Å². The molecule has 1 aromatic carbocycles. The summed E-state index contributed by atoms with van der Waals surface area (Å²) in [5, 5.41) is 0.777. The van der Waals surface area contributed by atoms with Crippen molar-refractivity contribution in [1.29, 1.82) is 0 Å². The van der Waals surface area contributed by atoms with Crippen LogP contribution >= 0.6 is 27.5 Å². The predicted molar refractivity (Wildman–Crippen MR) is 82.6 cm³/mol. The molecule has 1 aliphatic rings. The largest absolute Gasteiger partial charge is 0.381 e. The van der Waals surface area contributed by atoms with Crippen LogP contribution in [0.4, 0.5) is 0 Å². The summed E-state index contributed by atoms with van der Waals surface area (Å²) in [4.78, 5) is 2.41. The molecule has 106 valence electrons. The monoisotopic (exact) mass is 346 g/mol. The minimum atomic E-state index is 0.193. The van der Waals surface area contributed by atoms with Gasteiger partial charge in [0.25, 0.3) is 0 Å². The third-order valence-corrected chi connectivity index (χ3v) is 4.62. The van der Waals surface area contributed by atoms with Gasteiger partial charge in [-0.1, -0.05) is 33.6 Å². The van der Waals surface area contributed by atoms with Crippen LogP contribution in [0.3, 0.4) is 0 Å². The first-order valence-electron chi connectivity index (χ1n) is 6.57. The van der Waals surface area contributed by atoms with Gasteiger partial charge in [-0.3, -0.25) is 4.90 Å². The Bertz CT molecular complexity index is 422. The average molecular weight is 348 g/mol. The second-order valence-corrected chi connectivity index (χ2v) is 6.21. The van der Waals surface area contributed by atoms with Crippen molar-refractivity contribution in [3.63, 3.8) is 0 Å². The highest BCUT2D eigenvalue weighted by Gasteiger charge is 2.26. The van der Waals surface area contributed by atoms with Crippen LogP contribution in [0.5, 0.6) is 0 Å². The Labute approximate surface area is 128 Å². The molecule has 0 aromatic heterocycles. The van der Waals surface area contributed by atoms with Crippen LogP contribution in [-0.2, 0) is 4.74 Å². The van der Waals surface area contributed by atoms with E-state index >= 15 is 0 Å². The van der Waals surface area contributed by atoms with Crippen molar-refractivity contribution in [1.82, 2.24) is 4.90 Å². The molecule has 2 rings (SSSR count). The van der Waals surface area contributed by atoms with Gasteiger partial charge in [-0.15, -0.1) is 0 Å². The molecule has 0 aliphatic carbocycles. The van der Waals surface area contributed by atoms with Gasteiger partial charge in [0, 0.05) is 42.3 Å². The van der Waals surface area contributed by atoms with E-state index in [-0.39, 0.29) is 6.04 Å². The van der Waals surface area contributed by atoms with Gasteiger partial charge < -0.3 is 10.5 Å². The molecule has 1 unspecified atom stereocenters. The summed E-state index contributed by atoms with van der Waals surface area (Å²) in [6, 6.07) is 6.21. The maximum absolute atomic E-state index is 6.34. The summed E-state index contributed by atoms with van der Waals surface area (Å²) < 4.78 is 6.40. The zero-order valence-electron chi connectivity index (χ0n) is 11.1. The van der Waals surface area contributed by atoms with Gasteiger partial charge in [0.15, 0.2) is 0 Å². The lowest BCUT2D eigenvalue weighted by Crippen LogP contribution is -2.41. The number of methoxy groups -OCH3 is 1. The maximum atomic E-state index is 6.34. The van der Waals surface area contributed by atoms with Crippen molar-refractivity contribution in [2.75, 3.05) is 26.7 Å². The standard InChI is InChI=1S/C14H20BrClN2O/c1-19-11-4-6-18(7-5-11)14(9-17)12-3-2-10(15)8-13(12)16/h2-3,8,11,14H,4-7,9,17H2,1H3. The first-order chi connectivity index (χ1) is 9.15. The fraction of sp³-hybridized carbons (Fsp3) is 0.571. The minimum Gasteiger partial charge on any atom is -0.381 e. The molecule has 2 N–H and O–H groups in total. The molecule has 0 bridgehead atoms. The van der Waals surface area contributed by atoms with Crippen molar-refractivity contribution >= 4 is 27.5 Å². The zero-order chi connectivity index (χ0) is 13.8. The fourth-order valence-corrected chi connectivity index (χ4v) is 3.47. The summed E-state index contributed by atoms with van der Waals surface area (Å²) in [5.74, 6) is 0. The van der Waals surface area contributed by atoms with E-state index in [4.69, 9.17) is 22.1 Å². The van der Waals surface area contributed by atoms with E-state index in [0.29, 0.717) is 12.6 Å². The number of nitrogens with two attached hydrogens (primary N) is 1. The van der Waals surface area contributed by atoms with Crippen molar-refractivity contribution < 1.29 is 4.74 Å². The van der Waals surface area contributed by atoms with Crippen LogP contribution < -0.4 is 5.73 Å². The number of piperidine rings is 1. The summed E-state index contributed by atoms with van der Waals surface area (Å²) in [6.07, 6.45) is 2.50. The molecule has 19 heavy (non-hydrogen) atoms. The van der Waals surface area contributed by atoms with Crippen LogP contribution in [0.25, 0.3) is 0 Å². The Morgan fingerprint density at radius 3 is 2.68 bits per heavy atom. The van der Waals surface area contributed by atoms with Crippen LogP contribution in [0.1, 0.15) is 24.4 Å². The lowest BCUT2D eigenvalue weighted by molar-refractivity contribution is 0.0280. The van der Waals surface area contributed by atoms with Crippen LogP contribution in [0.15, 0.2) is 22.7 Å². The molecular formula is C14H20BrClN2O. The molecule has 5 heteroatoms. The highest BCUT2D eigenvalue weighted by Crippen LogP contribution is 2.31. The lowest BCUT2D eigenvalue weighted by Gasteiger charge is -2.37. The highest BCUT2D eigenvalue weighted by molar-refractivity contribution is 9.10. The Hall–Kier alpha value is -0.130. The zero-order valence-corrected chi connectivity index (χ0v) is 13.5. The average Bonchev–Trinajstić information content (AvgIpc) is 2.42. The number of rotatable bonds is 4. The van der Waals surface area contributed by atoms with E-state index in [1.807, 2.05) is 12.1 Å². The molecule has 1 heterocycles. The first kappa shape index (κ1) is 15.3. The number of nitrogens with zero attached hydrogens (tertiary/aromatic N) is 1. The van der Waals surface area contributed by atoms with Crippen molar-refractivity contribution in [2.45, 2.75) is 25.0 Å². The second kappa shape index (κ2) is 7.04. The minimum absolute atomic E-state index is 0.193. The van der Waals surface area contributed by atoms with E-state index in [0.717, 1.165) is 41.0 Å². The van der Waals surface area contributed by atoms with Crippen LogP contribution in [-0.4, -0.2) is 37.7 Å². The molecule has 0 amide bonds. The SMILES string of the molecule is COC1CCN(C(CN)c2ccc(Br)cc2Cl)CC1. The molecule has 0 saturated carbocycles. The van der Waals surface area contributed by atoms with E-state index in [1.165, 1.54) is 0 Å². The molecule has 0 radical (unpaired) electrons. The topological polar surface area (TPSA) is 38.5 Å². The fourth-order valence-electron chi connectivity index (χ4n) is 2.67. The number of likely N-dealkylation sites (tertiary alicyclic amines) is 1.